The Morgan fingerprint density at radius 1 is 1.00 bits per heavy atom. The molecule has 0 atom stereocenters. The first-order valence-electron chi connectivity index (χ1n) is 8.54. The Labute approximate surface area is 142 Å². The summed E-state index contributed by atoms with van der Waals surface area (Å²) in [6.45, 7) is 1.75. The van der Waals surface area contributed by atoms with Gasteiger partial charge in [-0.1, -0.05) is 42.5 Å². The Balaban J connectivity index is 1.95. The lowest BCUT2D eigenvalue weighted by atomic mass is 10.0. The predicted molar refractivity (Wildman–Crippen MR) is 97.8 cm³/mol. The van der Waals surface area contributed by atoms with Gasteiger partial charge in [-0.25, -0.2) is 0 Å². The van der Waals surface area contributed by atoms with Gasteiger partial charge in [-0.3, -0.25) is 4.79 Å². The third kappa shape index (κ3) is 2.36. The molecule has 0 unspecified atom stereocenters. The van der Waals surface area contributed by atoms with Gasteiger partial charge in [0.05, 0.1) is 5.69 Å². The molecule has 1 heterocycles. The van der Waals surface area contributed by atoms with E-state index in [9.17, 15) is 4.79 Å². The van der Waals surface area contributed by atoms with Gasteiger partial charge in [-0.15, -0.1) is 0 Å². The van der Waals surface area contributed by atoms with Crippen LogP contribution in [0.1, 0.15) is 27.2 Å². The van der Waals surface area contributed by atoms with Gasteiger partial charge in [0.2, 0.25) is 5.78 Å². The van der Waals surface area contributed by atoms with Crippen molar-refractivity contribution in [3.63, 3.8) is 0 Å². The minimum Gasteiger partial charge on any atom is -0.336 e. The minimum absolute atomic E-state index is 0.174. The van der Waals surface area contributed by atoms with Gasteiger partial charge in [0.15, 0.2) is 0 Å². The highest BCUT2D eigenvalue weighted by Gasteiger charge is 2.27. The molecule has 3 aromatic rings. The fourth-order valence-electron chi connectivity index (χ4n) is 3.77. The first kappa shape index (κ1) is 15.2. The molecule has 122 valence electrons. The summed E-state index contributed by atoms with van der Waals surface area (Å²) in [4.78, 5) is 15.5. The van der Waals surface area contributed by atoms with Crippen molar-refractivity contribution in [2.24, 2.45) is 0 Å². The lowest BCUT2D eigenvalue weighted by Crippen LogP contribution is -2.21. The van der Waals surface area contributed by atoms with Crippen LogP contribution >= 0.6 is 0 Å². The average Bonchev–Trinajstić information content (AvgIpc) is 2.83. The van der Waals surface area contributed by atoms with Crippen LogP contribution in [0.3, 0.4) is 0 Å². The second-order valence-electron chi connectivity index (χ2n) is 6.79. The van der Waals surface area contributed by atoms with Gasteiger partial charge in [0, 0.05) is 29.6 Å². The van der Waals surface area contributed by atoms with Crippen LogP contribution in [0.4, 0.5) is 0 Å². The molecule has 3 nitrogen and oxygen atoms in total. The van der Waals surface area contributed by atoms with Crippen molar-refractivity contribution in [2.75, 3.05) is 20.6 Å². The number of likely N-dealkylation sites (N-methyl/N-ethyl adjacent to an activating group) is 1. The first-order chi connectivity index (χ1) is 11.7. The molecule has 0 amide bonds. The summed E-state index contributed by atoms with van der Waals surface area (Å²) in [6.07, 6.45) is 1.85. The van der Waals surface area contributed by atoms with Crippen LogP contribution < -0.4 is 0 Å². The van der Waals surface area contributed by atoms with E-state index in [4.69, 9.17) is 0 Å². The highest BCUT2D eigenvalue weighted by atomic mass is 16.1. The van der Waals surface area contributed by atoms with Crippen LogP contribution in [-0.2, 0) is 19.4 Å². The molecule has 0 N–H and O–H groups in total. The molecule has 2 aromatic carbocycles. The van der Waals surface area contributed by atoms with Gasteiger partial charge in [0.25, 0.3) is 0 Å². The van der Waals surface area contributed by atoms with E-state index in [1.165, 1.54) is 22.0 Å². The van der Waals surface area contributed by atoms with E-state index in [2.05, 4.69) is 53.9 Å². The standard InChI is InChI=1S/C21H22N2O/c1-22(2)13-14-23-19-10-6-5-9-17(19)18-12-11-15-7-3-4-8-16(15)21(24)20(18)23/h3-10H,11-14H2,1-2H3. The van der Waals surface area contributed by atoms with Crippen molar-refractivity contribution < 1.29 is 4.79 Å². The number of benzene rings is 2. The Morgan fingerprint density at radius 2 is 1.75 bits per heavy atom. The molecule has 0 fully saturated rings. The SMILES string of the molecule is CN(C)CCn1c2c(c3ccccc31)CCc1ccccc1C2=O. The molecule has 1 aliphatic carbocycles. The number of para-hydroxylation sites is 1. The predicted octanol–water partition coefficient (Wildman–Crippen LogP) is 3.53. The number of carbonyl (C=O) groups is 1. The largest absolute Gasteiger partial charge is 0.336 e. The Kier molecular flexibility index (Phi) is 3.73. The second kappa shape index (κ2) is 5.91. The summed E-state index contributed by atoms with van der Waals surface area (Å²) in [5.41, 5.74) is 5.32. The molecule has 1 aromatic heterocycles. The van der Waals surface area contributed by atoms with Crippen molar-refractivity contribution in [1.29, 1.82) is 0 Å². The van der Waals surface area contributed by atoms with Gasteiger partial charge >= 0.3 is 0 Å². The van der Waals surface area contributed by atoms with E-state index in [-0.39, 0.29) is 5.78 Å². The maximum Gasteiger partial charge on any atom is 0.209 e. The maximum absolute atomic E-state index is 13.3. The number of aromatic nitrogens is 1. The number of aryl methyl sites for hydroxylation is 2. The van der Waals surface area contributed by atoms with Crippen molar-refractivity contribution >= 4 is 16.7 Å². The monoisotopic (exact) mass is 318 g/mol. The summed E-state index contributed by atoms with van der Waals surface area (Å²) in [6, 6.07) is 16.5. The summed E-state index contributed by atoms with van der Waals surface area (Å²) < 4.78 is 2.23. The van der Waals surface area contributed by atoms with Crippen molar-refractivity contribution in [3.8, 4) is 0 Å². The fourth-order valence-corrected chi connectivity index (χ4v) is 3.77. The van der Waals surface area contributed by atoms with E-state index in [0.717, 1.165) is 37.2 Å². The number of hydrogen-bond donors (Lipinski definition) is 0. The fraction of sp³-hybridized carbons (Fsp3) is 0.286. The number of nitrogens with zero attached hydrogens (tertiary/aromatic N) is 2. The van der Waals surface area contributed by atoms with Crippen molar-refractivity contribution in [1.82, 2.24) is 9.47 Å². The van der Waals surface area contributed by atoms with Crippen LogP contribution in [0.15, 0.2) is 48.5 Å². The third-order valence-electron chi connectivity index (χ3n) is 4.97. The molecule has 0 saturated carbocycles. The summed E-state index contributed by atoms with van der Waals surface area (Å²) in [7, 11) is 4.14. The van der Waals surface area contributed by atoms with Crippen LogP contribution in [0.25, 0.3) is 10.9 Å². The quantitative estimate of drug-likeness (QED) is 0.738. The second-order valence-corrected chi connectivity index (χ2v) is 6.79. The lowest BCUT2D eigenvalue weighted by Gasteiger charge is -2.14. The van der Waals surface area contributed by atoms with Crippen LogP contribution in [0.2, 0.25) is 0 Å². The maximum atomic E-state index is 13.3. The third-order valence-corrected chi connectivity index (χ3v) is 4.97. The van der Waals surface area contributed by atoms with Gasteiger partial charge in [-0.2, -0.15) is 0 Å². The van der Waals surface area contributed by atoms with Crippen molar-refractivity contribution in [3.05, 3.63) is 70.9 Å². The van der Waals surface area contributed by atoms with E-state index >= 15 is 0 Å². The molecule has 0 radical (unpaired) electrons. The van der Waals surface area contributed by atoms with E-state index in [0.29, 0.717) is 0 Å². The zero-order valence-corrected chi connectivity index (χ0v) is 14.2. The van der Waals surface area contributed by atoms with Crippen molar-refractivity contribution in [2.45, 2.75) is 19.4 Å². The Morgan fingerprint density at radius 3 is 2.58 bits per heavy atom. The Hall–Kier alpha value is -2.39. The zero-order chi connectivity index (χ0) is 16.7. The van der Waals surface area contributed by atoms with E-state index < -0.39 is 0 Å². The van der Waals surface area contributed by atoms with Crippen LogP contribution in [-0.4, -0.2) is 35.9 Å². The molecule has 3 heteroatoms. The number of rotatable bonds is 3. The molecule has 0 bridgehead atoms. The van der Waals surface area contributed by atoms with Gasteiger partial charge in [0.1, 0.15) is 0 Å². The molecule has 1 aliphatic rings. The summed E-state index contributed by atoms with van der Waals surface area (Å²) in [5.74, 6) is 0.174. The molecule has 24 heavy (non-hydrogen) atoms. The van der Waals surface area contributed by atoms with E-state index in [1.54, 1.807) is 0 Å². The van der Waals surface area contributed by atoms with Crippen LogP contribution in [0.5, 0.6) is 0 Å². The highest BCUT2D eigenvalue weighted by molar-refractivity contribution is 6.13. The van der Waals surface area contributed by atoms with E-state index in [1.807, 2.05) is 18.2 Å². The number of carbonyl (C=O) groups excluding carboxylic acids is 1. The van der Waals surface area contributed by atoms with Gasteiger partial charge < -0.3 is 9.47 Å². The molecular formula is C21H22N2O. The number of ketones is 1. The minimum atomic E-state index is 0.174. The van der Waals surface area contributed by atoms with Crippen LogP contribution in [0, 0.1) is 0 Å². The smallest absolute Gasteiger partial charge is 0.209 e. The summed E-state index contributed by atoms with van der Waals surface area (Å²) in [5, 5.41) is 1.23. The normalized spacial score (nSPS) is 13.9. The molecule has 0 saturated heterocycles. The molecular weight excluding hydrogens is 296 g/mol. The topological polar surface area (TPSA) is 25.2 Å². The molecule has 0 aliphatic heterocycles. The highest BCUT2D eigenvalue weighted by Crippen LogP contribution is 2.32. The molecule has 0 spiro atoms. The summed E-state index contributed by atoms with van der Waals surface area (Å²) >= 11 is 0. The number of hydrogen-bond acceptors (Lipinski definition) is 2. The lowest BCUT2D eigenvalue weighted by molar-refractivity contribution is 0.102. The first-order valence-corrected chi connectivity index (χ1v) is 8.54. The Bertz CT molecular complexity index is 921. The van der Waals surface area contributed by atoms with Gasteiger partial charge in [-0.05, 0) is 44.1 Å². The average molecular weight is 318 g/mol. The zero-order valence-electron chi connectivity index (χ0n) is 14.2. The molecule has 4 rings (SSSR count). The number of fused-ring (bicyclic) bond motifs is 4.